The third-order valence-corrected chi connectivity index (χ3v) is 2.69. The molecule has 0 aromatic heterocycles. The van der Waals surface area contributed by atoms with Crippen LogP contribution in [0.5, 0.6) is 0 Å². The molecule has 1 aromatic carbocycles. The number of carbonyl (C=O) groups is 1. The summed E-state index contributed by atoms with van der Waals surface area (Å²) in [5.41, 5.74) is 6.23. The van der Waals surface area contributed by atoms with Crippen LogP contribution in [0.25, 0.3) is 0 Å². The molecular weight excluding hydrogens is 211 g/mol. The van der Waals surface area contributed by atoms with Gasteiger partial charge in [0.1, 0.15) is 5.82 Å². The minimum absolute atomic E-state index is 0.0296. The number of aliphatic hydroxyl groups is 1. The monoisotopic (exact) mass is 224 g/mol. The van der Waals surface area contributed by atoms with Gasteiger partial charge >= 0.3 is 0 Å². The summed E-state index contributed by atoms with van der Waals surface area (Å²) in [6, 6.07) is 4.48. The molecule has 1 saturated heterocycles. The molecule has 1 aromatic rings. The van der Waals surface area contributed by atoms with Gasteiger partial charge in [0, 0.05) is 12.1 Å². The second-order valence-electron chi connectivity index (χ2n) is 3.80. The topological polar surface area (TPSA) is 66.6 Å². The molecule has 1 unspecified atom stereocenters. The number of rotatable bonds is 2. The Kier molecular flexibility index (Phi) is 2.89. The van der Waals surface area contributed by atoms with Crippen LogP contribution in [-0.4, -0.2) is 23.7 Å². The Balaban J connectivity index is 2.40. The lowest BCUT2D eigenvalue weighted by Crippen LogP contribution is -2.27. The van der Waals surface area contributed by atoms with Crippen molar-refractivity contribution >= 4 is 11.6 Å². The van der Waals surface area contributed by atoms with Gasteiger partial charge in [0.05, 0.1) is 24.8 Å². The van der Waals surface area contributed by atoms with Crippen molar-refractivity contribution < 1.29 is 14.3 Å². The maximum absolute atomic E-state index is 13.4. The molecule has 1 heterocycles. The standard InChI is InChI=1S/C11H13FN2O2/c12-9-2-1-3-10(8(9)5-13)14-6-7(15)4-11(14)16/h1-3,7,15H,4-6,13H2. The van der Waals surface area contributed by atoms with Crippen LogP contribution < -0.4 is 10.6 Å². The Hall–Kier alpha value is -1.46. The molecule has 0 aliphatic carbocycles. The zero-order valence-electron chi connectivity index (χ0n) is 8.69. The number of hydrogen-bond acceptors (Lipinski definition) is 3. The van der Waals surface area contributed by atoms with Gasteiger partial charge in [-0.3, -0.25) is 4.79 Å². The van der Waals surface area contributed by atoms with Gasteiger partial charge in [0.2, 0.25) is 5.91 Å². The van der Waals surface area contributed by atoms with Crippen molar-refractivity contribution in [1.29, 1.82) is 0 Å². The van der Waals surface area contributed by atoms with Crippen LogP contribution in [-0.2, 0) is 11.3 Å². The molecule has 1 atom stereocenters. The van der Waals surface area contributed by atoms with Crippen molar-refractivity contribution in [2.75, 3.05) is 11.4 Å². The Morgan fingerprint density at radius 1 is 1.56 bits per heavy atom. The maximum Gasteiger partial charge on any atom is 0.229 e. The first-order valence-corrected chi connectivity index (χ1v) is 5.09. The van der Waals surface area contributed by atoms with Crippen LogP contribution in [0.2, 0.25) is 0 Å². The maximum atomic E-state index is 13.4. The number of carbonyl (C=O) groups excluding carboxylic acids is 1. The summed E-state index contributed by atoms with van der Waals surface area (Å²) in [5.74, 6) is -0.623. The van der Waals surface area contributed by atoms with Gasteiger partial charge in [-0.1, -0.05) is 6.07 Å². The highest BCUT2D eigenvalue weighted by molar-refractivity contribution is 5.96. The number of benzene rings is 1. The lowest BCUT2D eigenvalue weighted by atomic mass is 10.1. The predicted molar refractivity (Wildman–Crippen MR) is 57.3 cm³/mol. The molecule has 2 rings (SSSR count). The van der Waals surface area contributed by atoms with E-state index in [4.69, 9.17) is 5.73 Å². The smallest absolute Gasteiger partial charge is 0.229 e. The summed E-state index contributed by atoms with van der Waals surface area (Å²) in [6.07, 6.45) is -0.595. The predicted octanol–water partition coefficient (Wildman–Crippen LogP) is 0.382. The molecule has 86 valence electrons. The van der Waals surface area contributed by atoms with Gasteiger partial charge < -0.3 is 15.7 Å². The van der Waals surface area contributed by atoms with E-state index >= 15 is 0 Å². The van der Waals surface area contributed by atoms with E-state index < -0.39 is 11.9 Å². The first kappa shape index (κ1) is 11.0. The molecule has 1 fully saturated rings. The number of nitrogens with two attached hydrogens (primary N) is 1. The molecule has 5 heteroatoms. The number of β-amino-alcohol motifs (C(OH)–C–C–N with tert-alkyl or cyclic N) is 1. The van der Waals surface area contributed by atoms with Crippen LogP contribution >= 0.6 is 0 Å². The van der Waals surface area contributed by atoms with E-state index in [2.05, 4.69) is 0 Å². The number of nitrogens with zero attached hydrogens (tertiary/aromatic N) is 1. The third-order valence-electron chi connectivity index (χ3n) is 2.69. The molecule has 4 nitrogen and oxygen atoms in total. The van der Waals surface area contributed by atoms with Crippen LogP contribution in [0.1, 0.15) is 12.0 Å². The molecular formula is C11H13FN2O2. The molecule has 1 amide bonds. The number of amides is 1. The second kappa shape index (κ2) is 4.19. The van der Waals surface area contributed by atoms with E-state index in [9.17, 15) is 14.3 Å². The summed E-state index contributed by atoms with van der Waals surface area (Å²) < 4.78 is 13.4. The zero-order valence-corrected chi connectivity index (χ0v) is 8.69. The highest BCUT2D eigenvalue weighted by Gasteiger charge is 2.30. The van der Waals surface area contributed by atoms with Gasteiger partial charge in [-0.2, -0.15) is 0 Å². The second-order valence-corrected chi connectivity index (χ2v) is 3.80. The van der Waals surface area contributed by atoms with Gasteiger partial charge in [-0.05, 0) is 12.1 Å². The summed E-state index contributed by atoms with van der Waals surface area (Å²) in [4.78, 5) is 13.0. The van der Waals surface area contributed by atoms with E-state index in [1.54, 1.807) is 6.07 Å². The highest BCUT2D eigenvalue weighted by atomic mass is 19.1. The van der Waals surface area contributed by atoms with Crippen molar-refractivity contribution in [2.24, 2.45) is 5.73 Å². The largest absolute Gasteiger partial charge is 0.391 e. The van der Waals surface area contributed by atoms with Gasteiger partial charge in [0.15, 0.2) is 0 Å². The molecule has 0 bridgehead atoms. The minimum Gasteiger partial charge on any atom is -0.391 e. The minimum atomic E-state index is -0.679. The van der Waals surface area contributed by atoms with Gasteiger partial charge in [-0.15, -0.1) is 0 Å². The molecule has 0 spiro atoms. The molecule has 0 radical (unpaired) electrons. The van der Waals surface area contributed by atoms with Crippen molar-refractivity contribution in [3.05, 3.63) is 29.6 Å². The average Bonchev–Trinajstić information content (AvgIpc) is 2.57. The fourth-order valence-electron chi connectivity index (χ4n) is 1.92. The van der Waals surface area contributed by atoms with E-state index in [-0.39, 0.29) is 25.4 Å². The molecule has 3 N–H and O–H groups in total. The first-order valence-electron chi connectivity index (χ1n) is 5.09. The third kappa shape index (κ3) is 1.79. The van der Waals surface area contributed by atoms with Gasteiger partial charge in [-0.25, -0.2) is 4.39 Å². The Labute approximate surface area is 92.5 Å². The van der Waals surface area contributed by atoms with Crippen LogP contribution in [0.3, 0.4) is 0 Å². The quantitative estimate of drug-likeness (QED) is 0.763. The van der Waals surface area contributed by atoms with E-state index in [0.29, 0.717) is 11.3 Å². The van der Waals surface area contributed by atoms with Crippen molar-refractivity contribution in [1.82, 2.24) is 0 Å². The Bertz CT molecular complexity index is 422. The highest BCUT2D eigenvalue weighted by Crippen LogP contribution is 2.27. The van der Waals surface area contributed by atoms with Crippen LogP contribution in [0.4, 0.5) is 10.1 Å². The normalized spacial score (nSPS) is 20.6. The molecule has 1 aliphatic heterocycles. The SMILES string of the molecule is NCc1c(F)cccc1N1CC(O)CC1=O. The number of hydrogen-bond donors (Lipinski definition) is 2. The summed E-state index contributed by atoms with van der Waals surface area (Å²) in [7, 11) is 0. The summed E-state index contributed by atoms with van der Waals surface area (Å²) in [5, 5.41) is 9.38. The van der Waals surface area contributed by atoms with Gasteiger partial charge in [0.25, 0.3) is 0 Å². The van der Waals surface area contributed by atoms with E-state index in [1.165, 1.54) is 17.0 Å². The molecule has 16 heavy (non-hydrogen) atoms. The fraction of sp³-hybridized carbons (Fsp3) is 0.364. The molecule has 1 aliphatic rings. The summed E-state index contributed by atoms with van der Waals surface area (Å²) in [6.45, 7) is 0.233. The number of anilines is 1. The van der Waals surface area contributed by atoms with Crippen LogP contribution in [0, 0.1) is 5.82 Å². The number of aliphatic hydroxyl groups excluding tert-OH is 1. The van der Waals surface area contributed by atoms with Crippen molar-refractivity contribution in [3.8, 4) is 0 Å². The number of halogens is 1. The zero-order chi connectivity index (χ0) is 11.7. The average molecular weight is 224 g/mol. The van der Waals surface area contributed by atoms with Crippen molar-refractivity contribution in [3.63, 3.8) is 0 Å². The van der Waals surface area contributed by atoms with Crippen molar-refractivity contribution in [2.45, 2.75) is 19.1 Å². The van der Waals surface area contributed by atoms with E-state index in [1.807, 2.05) is 0 Å². The van der Waals surface area contributed by atoms with E-state index in [0.717, 1.165) is 0 Å². The first-order chi connectivity index (χ1) is 7.63. The Morgan fingerprint density at radius 2 is 2.31 bits per heavy atom. The molecule has 0 saturated carbocycles. The fourth-order valence-corrected chi connectivity index (χ4v) is 1.92. The van der Waals surface area contributed by atoms with Crippen LogP contribution in [0.15, 0.2) is 18.2 Å². The lowest BCUT2D eigenvalue weighted by Gasteiger charge is -2.19. The summed E-state index contributed by atoms with van der Waals surface area (Å²) >= 11 is 0. The lowest BCUT2D eigenvalue weighted by molar-refractivity contribution is -0.117. The Morgan fingerprint density at radius 3 is 2.88 bits per heavy atom.